The molecule has 2 N–H and O–H groups in total. The van der Waals surface area contributed by atoms with Gasteiger partial charge in [-0.25, -0.2) is 4.79 Å². The molecule has 0 heterocycles. The molecule has 0 unspecified atom stereocenters. The SMILES string of the molecule is CC[C@@H](NC(=O)CSc1ccc(Br)cc1C)C(=O)O. The van der Waals surface area contributed by atoms with E-state index in [1.807, 2.05) is 25.1 Å². The Hall–Kier alpha value is -1.01. The number of carbonyl (C=O) groups is 2. The summed E-state index contributed by atoms with van der Waals surface area (Å²) in [5.74, 6) is -1.05. The molecule has 0 aliphatic heterocycles. The van der Waals surface area contributed by atoms with Gasteiger partial charge in [0.25, 0.3) is 0 Å². The maximum Gasteiger partial charge on any atom is 0.326 e. The number of amides is 1. The third-order valence-electron chi connectivity index (χ3n) is 2.54. The first-order valence-corrected chi connectivity index (χ1v) is 7.63. The number of aliphatic carboxylic acids is 1. The second kappa shape index (κ2) is 7.55. The minimum atomic E-state index is -0.999. The van der Waals surface area contributed by atoms with Gasteiger partial charge in [0.05, 0.1) is 5.75 Å². The van der Waals surface area contributed by atoms with Gasteiger partial charge in [-0.2, -0.15) is 0 Å². The predicted octanol–water partition coefficient (Wildman–Crippen LogP) is 2.83. The average molecular weight is 346 g/mol. The van der Waals surface area contributed by atoms with Gasteiger partial charge in [-0.05, 0) is 37.1 Å². The summed E-state index contributed by atoms with van der Waals surface area (Å²) >= 11 is 4.78. The number of carboxylic acid groups (broad SMARTS) is 1. The van der Waals surface area contributed by atoms with E-state index in [-0.39, 0.29) is 11.7 Å². The minimum absolute atomic E-state index is 0.215. The van der Waals surface area contributed by atoms with Crippen molar-refractivity contribution in [3.05, 3.63) is 28.2 Å². The number of hydrogen-bond acceptors (Lipinski definition) is 3. The standard InChI is InChI=1S/C13H16BrNO3S/c1-3-10(13(17)18)15-12(16)7-19-11-5-4-9(14)6-8(11)2/h4-6,10H,3,7H2,1-2H3,(H,15,16)(H,17,18)/t10-/m1/s1. The van der Waals surface area contributed by atoms with E-state index in [9.17, 15) is 9.59 Å². The Labute approximate surface area is 125 Å². The van der Waals surface area contributed by atoms with Crippen LogP contribution in [-0.4, -0.2) is 28.8 Å². The maximum absolute atomic E-state index is 11.7. The second-order valence-electron chi connectivity index (χ2n) is 4.07. The van der Waals surface area contributed by atoms with Crippen molar-refractivity contribution in [3.63, 3.8) is 0 Å². The lowest BCUT2D eigenvalue weighted by atomic mass is 10.2. The first-order chi connectivity index (χ1) is 8.93. The number of thioether (sulfide) groups is 1. The number of rotatable bonds is 6. The molecule has 1 rings (SSSR count). The molecule has 4 nitrogen and oxygen atoms in total. The van der Waals surface area contributed by atoms with E-state index in [1.54, 1.807) is 6.92 Å². The lowest BCUT2D eigenvalue weighted by Crippen LogP contribution is -2.41. The highest BCUT2D eigenvalue weighted by Crippen LogP contribution is 2.25. The largest absolute Gasteiger partial charge is 0.480 e. The molecule has 0 radical (unpaired) electrons. The van der Waals surface area contributed by atoms with Crippen LogP contribution in [0.1, 0.15) is 18.9 Å². The Morgan fingerprint density at radius 3 is 2.68 bits per heavy atom. The smallest absolute Gasteiger partial charge is 0.326 e. The molecular formula is C13H16BrNO3S. The number of hydrogen-bond donors (Lipinski definition) is 2. The van der Waals surface area contributed by atoms with E-state index in [0.29, 0.717) is 6.42 Å². The fourth-order valence-electron chi connectivity index (χ4n) is 1.49. The molecular weight excluding hydrogens is 330 g/mol. The van der Waals surface area contributed by atoms with Crippen molar-refractivity contribution < 1.29 is 14.7 Å². The molecule has 1 aromatic rings. The molecule has 1 atom stereocenters. The summed E-state index contributed by atoms with van der Waals surface area (Å²) in [7, 11) is 0. The first kappa shape index (κ1) is 16.0. The number of aryl methyl sites for hydroxylation is 1. The van der Waals surface area contributed by atoms with Crippen molar-refractivity contribution in [2.45, 2.75) is 31.2 Å². The van der Waals surface area contributed by atoms with Crippen LogP contribution in [0.25, 0.3) is 0 Å². The van der Waals surface area contributed by atoms with E-state index >= 15 is 0 Å². The Kier molecular flexibility index (Phi) is 6.37. The number of carboxylic acids is 1. The molecule has 104 valence electrons. The van der Waals surface area contributed by atoms with E-state index in [1.165, 1.54) is 11.8 Å². The second-order valence-corrected chi connectivity index (χ2v) is 6.00. The van der Waals surface area contributed by atoms with Crippen LogP contribution in [0, 0.1) is 6.92 Å². The summed E-state index contributed by atoms with van der Waals surface area (Å²) in [6.07, 6.45) is 0.378. The zero-order chi connectivity index (χ0) is 14.4. The highest BCUT2D eigenvalue weighted by Gasteiger charge is 2.17. The van der Waals surface area contributed by atoms with E-state index in [0.717, 1.165) is 14.9 Å². The zero-order valence-corrected chi connectivity index (χ0v) is 13.2. The van der Waals surface area contributed by atoms with Crippen molar-refractivity contribution >= 4 is 39.6 Å². The highest BCUT2D eigenvalue weighted by atomic mass is 79.9. The summed E-state index contributed by atoms with van der Waals surface area (Å²) < 4.78 is 0.996. The molecule has 0 saturated heterocycles. The maximum atomic E-state index is 11.7. The van der Waals surface area contributed by atoms with Crippen LogP contribution in [0.5, 0.6) is 0 Å². The van der Waals surface area contributed by atoms with Gasteiger partial charge < -0.3 is 10.4 Å². The Morgan fingerprint density at radius 2 is 2.16 bits per heavy atom. The van der Waals surface area contributed by atoms with Gasteiger partial charge >= 0.3 is 5.97 Å². The van der Waals surface area contributed by atoms with Crippen LogP contribution in [0.2, 0.25) is 0 Å². The molecule has 1 aromatic carbocycles. The van der Waals surface area contributed by atoms with Crippen molar-refractivity contribution in [1.29, 1.82) is 0 Å². The van der Waals surface area contributed by atoms with Crippen molar-refractivity contribution in [2.75, 3.05) is 5.75 Å². The van der Waals surface area contributed by atoms with Crippen molar-refractivity contribution in [1.82, 2.24) is 5.32 Å². The summed E-state index contributed by atoms with van der Waals surface area (Å²) in [6, 6.07) is 5.02. The van der Waals surface area contributed by atoms with Crippen LogP contribution in [0.15, 0.2) is 27.6 Å². The molecule has 19 heavy (non-hydrogen) atoms. The molecule has 0 saturated carbocycles. The van der Waals surface area contributed by atoms with Crippen LogP contribution in [0.3, 0.4) is 0 Å². The molecule has 0 bridgehead atoms. The van der Waals surface area contributed by atoms with Crippen LogP contribution in [0.4, 0.5) is 0 Å². The van der Waals surface area contributed by atoms with Gasteiger partial charge in [-0.1, -0.05) is 22.9 Å². The van der Waals surface area contributed by atoms with Crippen LogP contribution < -0.4 is 5.32 Å². The van der Waals surface area contributed by atoms with E-state index in [2.05, 4.69) is 21.2 Å². The lowest BCUT2D eigenvalue weighted by molar-refractivity contribution is -0.141. The summed E-state index contributed by atoms with van der Waals surface area (Å²) in [4.78, 5) is 23.5. The molecule has 6 heteroatoms. The molecule has 1 amide bonds. The lowest BCUT2D eigenvalue weighted by Gasteiger charge is -2.12. The monoisotopic (exact) mass is 345 g/mol. The summed E-state index contributed by atoms with van der Waals surface area (Å²) in [6.45, 7) is 3.70. The topological polar surface area (TPSA) is 66.4 Å². The quantitative estimate of drug-likeness (QED) is 0.778. The highest BCUT2D eigenvalue weighted by molar-refractivity contribution is 9.10. The van der Waals surface area contributed by atoms with E-state index < -0.39 is 12.0 Å². The van der Waals surface area contributed by atoms with Crippen molar-refractivity contribution in [3.8, 4) is 0 Å². The normalized spacial score (nSPS) is 11.9. The fraction of sp³-hybridized carbons (Fsp3) is 0.385. The third kappa shape index (κ3) is 5.24. The van der Waals surface area contributed by atoms with Crippen LogP contribution >= 0.6 is 27.7 Å². The van der Waals surface area contributed by atoms with Gasteiger partial charge in [0.1, 0.15) is 6.04 Å². The van der Waals surface area contributed by atoms with E-state index in [4.69, 9.17) is 5.11 Å². The molecule has 0 aromatic heterocycles. The predicted molar refractivity (Wildman–Crippen MR) is 79.5 cm³/mol. The third-order valence-corrected chi connectivity index (χ3v) is 4.21. The number of nitrogens with one attached hydrogen (secondary N) is 1. The van der Waals surface area contributed by atoms with Gasteiger partial charge in [-0.3, -0.25) is 4.79 Å². The molecule has 0 aliphatic carbocycles. The molecule has 0 spiro atoms. The number of benzene rings is 1. The fourth-order valence-corrected chi connectivity index (χ4v) is 2.79. The molecule has 0 aliphatic rings. The number of carbonyl (C=O) groups excluding carboxylic acids is 1. The number of halogens is 1. The molecule has 0 fully saturated rings. The van der Waals surface area contributed by atoms with Crippen molar-refractivity contribution in [2.24, 2.45) is 0 Å². The minimum Gasteiger partial charge on any atom is -0.480 e. The average Bonchev–Trinajstić information content (AvgIpc) is 2.34. The van der Waals surface area contributed by atoms with Gasteiger partial charge in [-0.15, -0.1) is 11.8 Å². The Balaban J connectivity index is 2.52. The Morgan fingerprint density at radius 1 is 1.47 bits per heavy atom. The zero-order valence-electron chi connectivity index (χ0n) is 10.8. The van der Waals surface area contributed by atoms with Gasteiger partial charge in [0, 0.05) is 9.37 Å². The van der Waals surface area contributed by atoms with Gasteiger partial charge in [0.15, 0.2) is 0 Å². The first-order valence-electron chi connectivity index (χ1n) is 5.85. The van der Waals surface area contributed by atoms with Gasteiger partial charge in [0.2, 0.25) is 5.91 Å². The summed E-state index contributed by atoms with van der Waals surface area (Å²) in [5.41, 5.74) is 1.08. The summed E-state index contributed by atoms with van der Waals surface area (Å²) in [5, 5.41) is 11.4. The van der Waals surface area contributed by atoms with Crippen LogP contribution in [-0.2, 0) is 9.59 Å². The Bertz CT molecular complexity index is 479.